The monoisotopic (exact) mass is 460 g/mol. The Morgan fingerprint density at radius 3 is 1.56 bits per heavy atom. The minimum atomic E-state index is -0.0399. The van der Waals surface area contributed by atoms with Gasteiger partial charge in [0.2, 0.25) is 0 Å². The Bertz CT molecular complexity index is 442. The molecule has 186 valence electrons. The van der Waals surface area contributed by atoms with E-state index in [1.54, 1.807) is 0 Å². The smallest absolute Gasteiger partial charge is 0.157 e. The van der Waals surface area contributed by atoms with Gasteiger partial charge in [0.15, 0.2) is 6.29 Å². The number of rotatable bonds is 20. The average Bonchev–Trinajstić information content (AvgIpc) is 2.83. The molecule has 32 heavy (non-hydrogen) atoms. The van der Waals surface area contributed by atoms with Crippen LogP contribution in [0.4, 0.5) is 0 Å². The van der Waals surface area contributed by atoms with Crippen LogP contribution in [-0.4, -0.2) is 110 Å². The summed E-state index contributed by atoms with van der Waals surface area (Å²) in [5, 5.41) is 8.36. The van der Waals surface area contributed by atoms with Crippen LogP contribution < -0.4 is 0 Å². The van der Waals surface area contributed by atoms with E-state index >= 15 is 0 Å². The number of terminal acetylenes is 2. The summed E-state index contributed by atoms with van der Waals surface area (Å²) in [6.07, 6.45) is 13.3. The Labute approximate surface area is 192 Å². The first-order chi connectivity index (χ1) is 15.8. The number of hydrogen-bond donors (Lipinski definition) is 1. The van der Waals surface area contributed by atoms with Gasteiger partial charge in [-0.05, 0) is 19.3 Å². The minimum absolute atomic E-state index is 0.0399. The molecule has 0 aromatic rings. The molecule has 0 amide bonds. The van der Waals surface area contributed by atoms with Crippen molar-refractivity contribution in [1.82, 2.24) is 0 Å². The molecule has 1 fully saturated rings. The van der Waals surface area contributed by atoms with Gasteiger partial charge in [0.25, 0.3) is 0 Å². The largest absolute Gasteiger partial charge is 0.394 e. The molecule has 0 aromatic carbocycles. The van der Waals surface area contributed by atoms with Gasteiger partial charge in [0.1, 0.15) is 13.2 Å². The summed E-state index contributed by atoms with van der Waals surface area (Å²) in [6.45, 7) is 7.21. The van der Waals surface area contributed by atoms with Gasteiger partial charge in [-0.25, -0.2) is 0 Å². The molecule has 0 bridgehead atoms. The van der Waals surface area contributed by atoms with Crippen molar-refractivity contribution in [2.45, 2.75) is 25.6 Å². The second kappa shape index (κ2) is 27.8. The van der Waals surface area contributed by atoms with Crippen LogP contribution in [0.2, 0.25) is 0 Å². The normalized spacial score (nSPS) is 15.4. The van der Waals surface area contributed by atoms with E-state index < -0.39 is 0 Å². The van der Waals surface area contributed by atoms with Crippen molar-refractivity contribution in [3.05, 3.63) is 0 Å². The Kier molecular flexibility index (Phi) is 26.7. The topological polar surface area (TPSA) is 94.1 Å². The lowest BCUT2D eigenvalue weighted by Gasteiger charge is -2.22. The molecule has 9 heteroatoms. The van der Waals surface area contributed by atoms with Crippen LogP contribution >= 0.6 is 0 Å². The fourth-order valence-corrected chi connectivity index (χ4v) is 2.29. The standard InChI is InChI=1S/C14H24O5.C9H16O4/c1-2-6-15-8-9-16-10-11-17-12-13-19-14-5-3-4-7-18-14;1-2-4-11-6-8-13-9-7-12-5-3-10/h1,14H,3-13H2;1,10H,3-9H2. The van der Waals surface area contributed by atoms with E-state index in [2.05, 4.69) is 11.8 Å². The zero-order valence-electron chi connectivity index (χ0n) is 19.2. The van der Waals surface area contributed by atoms with Gasteiger partial charge in [0, 0.05) is 6.61 Å². The van der Waals surface area contributed by atoms with Gasteiger partial charge in [-0.2, -0.15) is 0 Å². The molecule has 0 radical (unpaired) electrons. The van der Waals surface area contributed by atoms with Gasteiger partial charge in [-0.3, -0.25) is 0 Å². The van der Waals surface area contributed by atoms with Crippen LogP contribution in [0.3, 0.4) is 0 Å². The molecule has 1 aliphatic rings. The first-order valence-electron chi connectivity index (χ1n) is 11.0. The van der Waals surface area contributed by atoms with Crippen molar-refractivity contribution in [3.63, 3.8) is 0 Å². The molecule has 0 spiro atoms. The maximum Gasteiger partial charge on any atom is 0.157 e. The van der Waals surface area contributed by atoms with E-state index in [-0.39, 0.29) is 12.9 Å². The molecule has 0 aromatic heterocycles. The number of ether oxygens (including phenoxy) is 8. The number of aliphatic hydroxyl groups excluding tert-OH is 1. The Balaban J connectivity index is 0.000000649. The van der Waals surface area contributed by atoms with E-state index in [0.29, 0.717) is 85.9 Å². The third kappa shape index (κ3) is 25.0. The molecule has 1 atom stereocenters. The highest BCUT2D eigenvalue weighted by molar-refractivity contribution is 4.83. The van der Waals surface area contributed by atoms with Crippen LogP contribution in [0.5, 0.6) is 0 Å². The van der Waals surface area contributed by atoms with E-state index in [1.807, 2.05) is 0 Å². The van der Waals surface area contributed by atoms with Gasteiger partial charge in [-0.1, -0.05) is 11.8 Å². The maximum absolute atomic E-state index is 8.36. The summed E-state index contributed by atoms with van der Waals surface area (Å²) in [4.78, 5) is 0. The maximum atomic E-state index is 8.36. The Morgan fingerprint density at radius 1 is 0.656 bits per heavy atom. The minimum Gasteiger partial charge on any atom is -0.394 e. The Hall–Kier alpha value is -1.24. The summed E-state index contributed by atoms with van der Waals surface area (Å²) < 4.78 is 41.8. The first kappa shape index (κ1) is 30.8. The van der Waals surface area contributed by atoms with Crippen LogP contribution in [0.15, 0.2) is 0 Å². The summed E-state index contributed by atoms with van der Waals surface area (Å²) >= 11 is 0. The molecule has 1 N–H and O–H groups in total. The summed E-state index contributed by atoms with van der Waals surface area (Å²) in [6, 6.07) is 0. The highest BCUT2D eigenvalue weighted by Gasteiger charge is 2.13. The predicted octanol–water partition coefficient (Wildman–Crippen LogP) is 0.874. The highest BCUT2D eigenvalue weighted by Crippen LogP contribution is 2.13. The van der Waals surface area contributed by atoms with Crippen molar-refractivity contribution in [2.24, 2.45) is 0 Å². The number of aliphatic hydroxyl groups is 1. The molecule has 1 heterocycles. The van der Waals surface area contributed by atoms with Crippen molar-refractivity contribution in [1.29, 1.82) is 0 Å². The SMILES string of the molecule is C#CCOCCOCCOCCO.C#CCOCCOCCOCCOC1CCCCO1. The summed E-state index contributed by atoms with van der Waals surface area (Å²) in [7, 11) is 0. The highest BCUT2D eigenvalue weighted by atomic mass is 16.7. The van der Waals surface area contributed by atoms with Crippen molar-refractivity contribution < 1.29 is 43.0 Å². The van der Waals surface area contributed by atoms with Crippen LogP contribution in [0, 0.1) is 24.7 Å². The zero-order valence-corrected chi connectivity index (χ0v) is 19.2. The van der Waals surface area contributed by atoms with Gasteiger partial charge in [0.05, 0.1) is 79.3 Å². The average molecular weight is 461 g/mol. The lowest BCUT2D eigenvalue weighted by Crippen LogP contribution is -2.24. The van der Waals surface area contributed by atoms with Crippen molar-refractivity contribution >= 4 is 0 Å². The molecule has 1 rings (SSSR count). The van der Waals surface area contributed by atoms with Crippen LogP contribution in [-0.2, 0) is 37.9 Å². The van der Waals surface area contributed by atoms with Gasteiger partial charge >= 0.3 is 0 Å². The molecule has 1 saturated heterocycles. The third-order valence-electron chi connectivity index (χ3n) is 3.76. The fourth-order valence-electron chi connectivity index (χ4n) is 2.29. The third-order valence-corrected chi connectivity index (χ3v) is 3.76. The number of hydrogen-bond acceptors (Lipinski definition) is 9. The van der Waals surface area contributed by atoms with Crippen molar-refractivity contribution in [2.75, 3.05) is 99.1 Å². The fraction of sp³-hybridized carbons (Fsp3) is 0.826. The molecule has 0 saturated carbocycles. The van der Waals surface area contributed by atoms with E-state index in [1.165, 1.54) is 6.42 Å². The molecule has 0 aliphatic carbocycles. The van der Waals surface area contributed by atoms with E-state index in [4.69, 9.17) is 55.8 Å². The molecule has 9 nitrogen and oxygen atoms in total. The lowest BCUT2D eigenvalue weighted by atomic mass is 10.2. The van der Waals surface area contributed by atoms with Crippen LogP contribution in [0.1, 0.15) is 19.3 Å². The van der Waals surface area contributed by atoms with Gasteiger partial charge < -0.3 is 43.0 Å². The predicted molar refractivity (Wildman–Crippen MR) is 119 cm³/mol. The molecule has 1 aliphatic heterocycles. The zero-order chi connectivity index (χ0) is 23.4. The summed E-state index contributed by atoms with van der Waals surface area (Å²) in [5.41, 5.74) is 0. The molecular formula is C23H40O9. The van der Waals surface area contributed by atoms with Crippen molar-refractivity contribution in [3.8, 4) is 24.7 Å². The lowest BCUT2D eigenvalue weighted by molar-refractivity contribution is -0.169. The van der Waals surface area contributed by atoms with E-state index in [0.717, 1.165) is 19.4 Å². The second-order valence-corrected chi connectivity index (χ2v) is 6.35. The first-order valence-corrected chi connectivity index (χ1v) is 11.0. The Morgan fingerprint density at radius 2 is 1.12 bits per heavy atom. The quantitative estimate of drug-likeness (QED) is 0.210. The van der Waals surface area contributed by atoms with Gasteiger partial charge in [-0.15, -0.1) is 12.8 Å². The molecular weight excluding hydrogens is 420 g/mol. The summed E-state index contributed by atoms with van der Waals surface area (Å²) in [5.74, 6) is 4.75. The van der Waals surface area contributed by atoms with E-state index in [9.17, 15) is 0 Å². The molecule has 1 unspecified atom stereocenters. The van der Waals surface area contributed by atoms with Crippen LogP contribution in [0.25, 0.3) is 0 Å². The second-order valence-electron chi connectivity index (χ2n) is 6.35.